The first-order valence-electron chi connectivity index (χ1n) is 10.1. The van der Waals surface area contributed by atoms with E-state index in [1.807, 2.05) is 48.5 Å². The summed E-state index contributed by atoms with van der Waals surface area (Å²) >= 11 is 1.52. The number of carbonyl (C=O) groups is 2. The van der Waals surface area contributed by atoms with Crippen molar-refractivity contribution in [1.29, 1.82) is 0 Å². The van der Waals surface area contributed by atoms with E-state index in [9.17, 15) is 9.59 Å². The minimum absolute atomic E-state index is 0.168. The van der Waals surface area contributed by atoms with Gasteiger partial charge in [-0.3, -0.25) is 9.59 Å². The van der Waals surface area contributed by atoms with Crippen LogP contribution in [0.5, 0.6) is 0 Å². The zero-order valence-electron chi connectivity index (χ0n) is 17.0. The summed E-state index contributed by atoms with van der Waals surface area (Å²) in [6.07, 6.45) is 3.85. The second-order valence-electron chi connectivity index (χ2n) is 7.28. The van der Waals surface area contributed by atoms with Gasteiger partial charge in [-0.05, 0) is 54.4 Å². The van der Waals surface area contributed by atoms with E-state index in [-0.39, 0.29) is 11.8 Å². The van der Waals surface area contributed by atoms with Crippen LogP contribution in [0.15, 0.2) is 89.2 Å². The van der Waals surface area contributed by atoms with Gasteiger partial charge in [-0.15, -0.1) is 0 Å². The van der Waals surface area contributed by atoms with Crippen molar-refractivity contribution < 1.29 is 9.59 Å². The Balaban J connectivity index is 1.22. The summed E-state index contributed by atoms with van der Waals surface area (Å²) in [6.45, 7) is 0.505. The summed E-state index contributed by atoms with van der Waals surface area (Å²) in [6, 6.07) is 20.8. The molecule has 1 aromatic heterocycles. The minimum Gasteiger partial charge on any atom is -0.352 e. The lowest BCUT2D eigenvalue weighted by molar-refractivity contribution is 0.0952. The van der Waals surface area contributed by atoms with Gasteiger partial charge in [0.2, 0.25) is 0 Å². The maximum atomic E-state index is 12.7. The van der Waals surface area contributed by atoms with Crippen LogP contribution in [0.2, 0.25) is 0 Å². The van der Waals surface area contributed by atoms with Crippen LogP contribution in [0.25, 0.3) is 5.69 Å². The Bertz CT molecular complexity index is 1290. The zero-order chi connectivity index (χ0) is 21.9. The lowest BCUT2D eigenvalue weighted by Gasteiger charge is -2.10. The van der Waals surface area contributed by atoms with Crippen molar-refractivity contribution in [2.24, 2.45) is 0 Å². The van der Waals surface area contributed by atoms with Crippen molar-refractivity contribution in [1.82, 2.24) is 20.1 Å². The van der Waals surface area contributed by atoms with Crippen LogP contribution in [0.4, 0.5) is 5.69 Å². The summed E-state index contributed by atoms with van der Waals surface area (Å²) in [5.74, 6) is -0.341. The average Bonchev–Trinajstić information content (AvgIpc) is 3.31. The molecule has 5 rings (SSSR count). The molecule has 1 aliphatic rings. The fraction of sp³-hybridized carbons (Fsp3) is 0.0833. The number of anilines is 1. The Hall–Kier alpha value is -3.91. The molecular weight excluding hydrogens is 422 g/mol. The summed E-state index contributed by atoms with van der Waals surface area (Å²) in [5.41, 5.74) is 3.83. The number of benzene rings is 3. The first kappa shape index (κ1) is 20.0. The zero-order valence-corrected chi connectivity index (χ0v) is 17.8. The van der Waals surface area contributed by atoms with E-state index in [1.54, 1.807) is 29.2 Å². The predicted octanol–water partition coefficient (Wildman–Crippen LogP) is 3.96. The van der Waals surface area contributed by atoms with Gasteiger partial charge < -0.3 is 10.6 Å². The fourth-order valence-electron chi connectivity index (χ4n) is 3.49. The minimum atomic E-state index is -0.173. The molecule has 3 aromatic carbocycles. The first-order valence-corrected chi connectivity index (χ1v) is 10.9. The Kier molecular flexibility index (Phi) is 5.43. The van der Waals surface area contributed by atoms with E-state index in [0.29, 0.717) is 29.8 Å². The van der Waals surface area contributed by atoms with Gasteiger partial charge in [0.25, 0.3) is 11.8 Å². The van der Waals surface area contributed by atoms with Gasteiger partial charge in [-0.2, -0.15) is 5.10 Å². The monoisotopic (exact) mass is 441 g/mol. The number of rotatable bonds is 5. The second-order valence-corrected chi connectivity index (χ2v) is 8.36. The molecule has 0 fully saturated rings. The Morgan fingerprint density at radius 2 is 1.88 bits per heavy atom. The summed E-state index contributed by atoms with van der Waals surface area (Å²) < 4.78 is 1.69. The van der Waals surface area contributed by atoms with E-state index >= 15 is 0 Å². The molecule has 4 aromatic rings. The van der Waals surface area contributed by atoms with Crippen LogP contribution in [0, 0.1) is 0 Å². The highest BCUT2D eigenvalue weighted by Crippen LogP contribution is 2.38. The van der Waals surface area contributed by atoms with Gasteiger partial charge >= 0.3 is 0 Å². The number of fused-ring (bicyclic) bond motifs is 2. The normalized spacial score (nSPS) is 12.3. The van der Waals surface area contributed by atoms with Crippen molar-refractivity contribution in [2.45, 2.75) is 16.2 Å². The van der Waals surface area contributed by atoms with Gasteiger partial charge in [-0.25, -0.2) is 9.67 Å². The van der Waals surface area contributed by atoms with E-state index in [0.717, 1.165) is 21.0 Å². The van der Waals surface area contributed by atoms with Crippen LogP contribution in [-0.2, 0) is 6.42 Å². The number of aromatic nitrogens is 3. The Morgan fingerprint density at radius 1 is 1.03 bits per heavy atom. The van der Waals surface area contributed by atoms with E-state index < -0.39 is 0 Å². The molecule has 0 bridgehead atoms. The molecule has 1 aliphatic heterocycles. The Labute approximate surface area is 188 Å². The summed E-state index contributed by atoms with van der Waals surface area (Å²) in [4.78, 5) is 31.0. The molecule has 0 saturated heterocycles. The highest BCUT2D eigenvalue weighted by Gasteiger charge is 2.20. The van der Waals surface area contributed by atoms with Crippen LogP contribution in [0.1, 0.15) is 26.3 Å². The van der Waals surface area contributed by atoms with Gasteiger partial charge in [-0.1, -0.05) is 36.0 Å². The molecule has 0 radical (unpaired) electrons. The van der Waals surface area contributed by atoms with Gasteiger partial charge in [0, 0.05) is 21.9 Å². The number of amides is 2. The van der Waals surface area contributed by atoms with Crippen molar-refractivity contribution in [2.75, 3.05) is 11.9 Å². The number of nitrogens with zero attached hydrogens (tertiary/aromatic N) is 3. The highest BCUT2D eigenvalue weighted by molar-refractivity contribution is 7.99. The second kappa shape index (κ2) is 8.68. The average molecular weight is 442 g/mol. The molecule has 0 saturated carbocycles. The van der Waals surface area contributed by atoms with Crippen molar-refractivity contribution in [3.63, 3.8) is 0 Å². The topological polar surface area (TPSA) is 88.9 Å². The quantitative estimate of drug-likeness (QED) is 0.489. The lowest BCUT2D eigenvalue weighted by atomic mass is 10.1. The molecule has 0 aliphatic carbocycles. The van der Waals surface area contributed by atoms with Crippen molar-refractivity contribution in [3.8, 4) is 5.69 Å². The van der Waals surface area contributed by atoms with E-state index in [1.165, 1.54) is 18.1 Å². The number of hydrogen-bond donors (Lipinski definition) is 2. The third-order valence-corrected chi connectivity index (χ3v) is 6.31. The SMILES string of the molecule is O=C(NCCc1ccc(-n2cncn2)cc1)c1ccc2c(c1)NC(=O)c1ccccc1S2. The fourth-order valence-corrected chi connectivity index (χ4v) is 4.50. The molecular formula is C24H19N5O2S. The standard InChI is InChI=1S/C24H19N5O2S/c30-23(26-12-11-16-5-8-18(9-6-16)29-15-25-14-27-29)17-7-10-22-20(13-17)28-24(31)19-3-1-2-4-21(19)32-22/h1-10,13-15H,11-12H2,(H,26,30)(H,28,31). The molecule has 32 heavy (non-hydrogen) atoms. The molecule has 2 N–H and O–H groups in total. The lowest BCUT2D eigenvalue weighted by Crippen LogP contribution is -2.25. The van der Waals surface area contributed by atoms with Crippen molar-refractivity contribution in [3.05, 3.63) is 96.1 Å². The van der Waals surface area contributed by atoms with E-state index in [4.69, 9.17) is 0 Å². The van der Waals surface area contributed by atoms with Gasteiger partial charge in [0.1, 0.15) is 12.7 Å². The molecule has 2 amide bonds. The number of carbonyl (C=O) groups excluding carboxylic acids is 2. The maximum Gasteiger partial charge on any atom is 0.256 e. The highest BCUT2D eigenvalue weighted by atomic mass is 32.2. The molecule has 2 heterocycles. The van der Waals surface area contributed by atoms with Crippen LogP contribution in [0.3, 0.4) is 0 Å². The summed E-state index contributed by atoms with van der Waals surface area (Å²) in [7, 11) is 0. The molecule has 0 unspecified atom stereocenters. The maximum absolute atomic E-state index is 12.7. The molecule has 0 atom stereocenters. The summed E-state index contributed by atoms with van der Waals surface area (Å²) in [5, 5.41) is 9.98. The molecule has 158 valence electrons. The van der Waals surface area contributed by atoms with Gasteiger partial charge in [0.05, 0.1) is 16.9 Å². The third kappa shape index (κ3) is 4.13. The molecule has 8 heteroatoms. The number of hydrogen-bond acceptors (Lipinski definition) is 5. The number of nitrogens with one attached hydrogen (secondary N) is 2. The van der Waals surface area contributed by atoms with Gasteiger partial charge in [0.15, 0.2) is 0 Å². The largest absolute Gasteiger partial charge is 0.352 e. The van der Waals surface area contributed by atoms with Crippen molar-refractivity contribution >= 4 is 29.3 Å². The van der Waals surface area contributed by atoms with Crippen LogP contribution >= 0.6 is 11.8 Å². The van der Waals surface area contributed by atoms with E-state index in [2.05, 4.69) is 20.7 Å². The molecule has 7 nitrogen and oxygen atoms in total. The Morgan fingerprint density at radius 3 is 2.69 bits per heavy atom. The van der Waals surface area contributed by atoms with Crippen LogP contribution < -0.4 is 10.6 Å². The first-order chi connectivity index (χ1) is 15.7. The smallest absolute Gasteiger partial charge is 0.256 e. The predicted molar refractivity (Wildman–Crippen MR) is 122 cm³/mol. The molecule has 0 spiro atoms. The van der Waals surface area contributed by atoms with Crippen LogP contribution in [-0.4, -0.2) is 33.1 Å². The third-order valence-electron chi connectivity index (χ3n) is 5.16.